The third kappa shape index (κ3) is 8.30. The normalized spacial score (nSPS) is 12.5. The van der Waals surface area contributed by atoms with Crippen LogP contribution in [-0.4, -0.2) is 51.0 Å². The van der Waals surface area contributed by atoms with Crippen molar-refractivity contribution in [1.29, 1.82) is 0 Å². The Morgan fingerprint density at radius 2 is 1.59 bits per heavy atom. The Balaban J connectivity index is 2.05. The van der Waals surface area contributed by atoms with E-state index in [-0.39, 0.29) is 18.7 Å². The fourth-order valence-electron chi connectivity index (χ4n) is 4.00. The first-order valence-corrected chi connectivity index (χ1v) is 14.4. The third-order valence-corrected chi connectivity index (χ3v) is 7.53. The van der Waals surface area contributed by atoms with Crippen molar-refractivity contribution in [3.8, 4) is 0 Å². The molecule has 0 saturated carbocycles. The van der Waals surface area contributed by atoms with Crippen molar-refractivity contribution in [3.05, 3.63) is 100 Å². The molecule has 3 aromatic rings. The minimum Gasteiger partial charge on any atom is -0.357 e. The van der Waals surface area contributed by atoms with Crippen LogP contribution in [0.2, 0.25) is 0 Å². The fraction of sp³-hybridized carbons (Fsp3) is 0.259. The number of rotatable bonds is 10. The van der Waals surface area contributed by atoms with E-state index in [0.717, 1.165) is 28.4 Å². The Morgan fingerprint density at radius 1 is 0.949 bits per heavy atom. The zero-order valence-electron chi connectivity index (χ0n) is 21.2. The second kappa shape index (κ2) is 12.6. The van der Waals surface area contributed by atoms with Crippen LogP contribution in [-0.2, 0) is 38.8 Å². The standard InChI is InChI=1S/C27H27BrF3N3O4S/c1-32-26(36)24(15-19-8-4-3-5-9-19)33(17-20-10-6-12-22(28)14-20)25(35)18-34(39(2,37)38)23-13-7-11-21(16-23)27(29,30)31/h3-14,16,24H,15,17-18H2,1-2H3,(H,32,36). The first kappa shape index (κ1) is 30.2. The van der Waals surface area contributed by atoms with Crippen molar-refractivity contribution in [1.82, 2.24) is 10.2 Å². The highest BCUT2D eigenvalue weighted by atomic mass is 79.9. The molecule has 208 valence electrons. The van der Waals surface area contributed by atoms with Gasteiger partial charge < -0.3 is 10.2 Å². The minimum atomic E-state index is -4.71. The lowest BCUT2D eigenvalue weighted by Gasteiger charge is -2.33. The minimum absolute atomic E-state index is 0.0522. The number of nitrogens with zero attached hydrogens (tertiary/aromatic N) is 2. The molecule has 0 spiro atoms. The molecule has 12 heteroatoms. The van der Waals surface area contributed by atoms with Crippen molar-refractivity contribution in [3.63, 3.8) is 0 Å². The van der Waals surface area contributed by atoms with Crippen LogP contribution in [0.4, 0.5) is 18.9 Å². The van der Waals surface area contributed by atoms with Gasteiger partial charge in [0.2, 0.25) is 21.8 Å². The molecule has 0 aliphatic rings. The van der Waals surface area contributed by atoms with Crippen molar-refractivity contribution in [2.24, 2.45) is 0 Å². The second-order valence-electron chi connectivity index (χ2n) is 8.79. The van der Waals surface area contributed by atoms with Gasteiger partial charge in [0, 0.05) is 24.5 Å². The number of hydrogen-bond acceptors (Lipinski definition) is 4. The lowest BCUT2D eigenvalue weighted by molar-refractivity contribution is -0.139. The highest BCUT2D eigenvalue weighted by Gasteiger charge is 2.34. The van der Waals surface area contributed by atoms with Crippen molar-refractivity contribution in [2.45, 2.75) is 25.2 Å². The molecule has 1 unspecified atom stereocenters. The van der Waals surface area contributed by atoms with Crippen LogP contribution in [0, 0.1) is 0 Å². The van der Waals surface area contributed by atoms with E-state index < -0.39 is 46.2 Å². The van der Waals surface area contributed by atoms with Crippen LogP contribution in [0.25, 0.3) is 0 Å². The average Bonchev–Trinajstić information content (AvgIpc) is 2.88. The van der Waals surface area contributed by atoms with Gasteiger partial charge in [0.25, 0.3) is 0 Å². The number of carbonyl (C=O) groups is 2. The maximum absolute atomic E-state index is 13.8. The van der Waals surface area contributed by atoms with Crippen LogP contribution in [0.15, 0.2) is 83.3 Å². The van der Waals surface area contributed by atoms with Crippen LogP contribution in [0.5, 0.6) is 0 Å². The predicted octanol–water partition coefficient (Wildman–Crippen LogP) is 4.62. The lowest BCUT2D eigenvalue weighted by Crippen LogP contribution is -2.52. The second-order valence-corrected chi connectivity index (χ2v) is 11.6. The van der Waals surface area contributed by atoms with Gasteiger partial charge in [-0.15, -0.1) is 0 Å². The zero-order valence-corrected chi connectivity index (χ0v) is 23.6. The van der Waals surface area contributed by atoms with E-state index in [4.69, 9.17) is 0 Å². The SMILES string of the molecule is CNC(=O)C(Cc1ccccc1)N(Cc1cccc(Br)c1)C(=O)CN(c1cccc(C(F)(F)F)c1)S(C)(=O)=O. The molecule has 0 saturated heterocycles. The number of anilines is 1. The van der Waals surface area contributed by atoms with E-state index >= 15 is 0 Å². The molecule has 0 bridgehead atoms. The smallest absolute Gasteiger partial charge is 0.357 e. The highest BCUT2D eigenvalue weighted by Crippen LogP contribution is 2.32. The van der Waals surface area contributed by atoms with Crippen LogP contribution < -0.4 is 9.62 Å². The summed E-state index contributed by atoms with van der Waals surface area (Å²) < 4.78 is 66.8. The molecule has 0 aliphatic heterocycles. The largest absolute Gasteiger partial charge is 0.416 e. The van der Waals surface area contributed by atoms with Crippen molar-refractivity contribution >= 4 is 43.5 Å². The zero-order chi connectivity index (χ0) is 28.8. The molecular formula is C27H27BrF3N3O4S. The maximum atomic E-state index is 13.8. The van der Waals surface area contributed by atoms with E-state index in [2.05, 4.69) is 21.2 Å². The topological polar surface area (TPSA) is 86.8 Å². The Bertz CT molecular complexity index is 1420. The molecular weight excluding hydrogens is 599 g/mol. The quantitative estimate of drug-likeness (QED) is 0.356. The number of sulfonamides is 1. The fourth-order valence-corrected chi connectivity index (χ4v) is 5.29. The number of alkyl halides is 3. The first-order chi connectivity index (χ1) is 18.3. The predicted molar refractivity (Wildman–Crippen MR) is 146 cm³/mol. The van der Waals surface area contributed by atoms with Crippen molar-refractivity contribution < 1.29 is 31.2 Å². The molecule has 0 aromatic heterocycles. The summed E-state index contributed by atoms with van der Waals surface area (Å²) in [6, 6.07) is 18.7. The first-order valence-electron chi connectivity index (χ1n) is 11.7. The Morgan fingerprint density at radius 3 is 2.18 bits per heavy atom. The molecule has 1 atom stereocenters. The molecule has 3 rings (SSSR count). The maximum Gasteiger partial charge on any atom is 0.416 e. The summed E-state index contributed by atoms with van der Waals surface area (Å²) in [5, 5.41) is 2.56. The monoisotopic (exact) mass is 625 g/mol. The van der Waals surface area contributed by atoms with Gasteiger partial charge >= 0.3 is 6.18 Å². The van der Waals surface area contributed by atoms with Crippen molar-refractivity contribution in [2.75, 3.05) is 24.2 Å². The number of likely N-dealkylation sites (N-methyl/N-ethyl adjacent to an activating group) is 1. The van der Waals surface area contributed by atoms with Crippen LogP contribution in [0.1, 0.15) is 16.7 Å². The highest BCUT2D eigenvalue weighted by molar-refractivity contribution is 9.10. The summed E-state index contributed by atoms with van der Waals surface area (Å²) in [6.07, 6.45) is -3.78. The molecule has 3 aromatic carbocycles. The molecule has 7 nitrogen and oxygen atoms in total. The van der Waals surface area contributed by atoms with Gasteiger partial charge in [0.15, 0.2) is 0 Å². The van der Waals surface area contributed by atoms with Gasteiger partial charge in [-0.1, -0.05) is 64.5 Å². The van der Waals surface area contributed by atoms with Gasteiger partial charge in [-0.05, 0) is 41.5 Å². The van der Waals surface area contributed by atoms with E-state index in [1.165, 1.54) is 18.0 Å². The molecule has 39 heavy (non-hydrogen) atoms. The number of carbonyl (C=O) groups excluding carboxylic acids is 2. The molecule has 0 aliphatic carbocycles. The van der Waals surface area contributed by atoms with Crippen LogP contribution in [0.3, 0.4) is 0 Å². The summed E-state index contributed by atoms with van der Waals surface area (Å²) in [6.45, 7) is -0.861. The van der Waals surface area contributed by atoms with Crippen LogP contribution >= 0.6 is 15.9 Å². The summed E-state index contributed by atoms with van der Waals surface area (Å²) >= 11 is 3.38. The Hall–Kier alpha value is -3.38. The molecule has 0 radical (unpaired) electrons. The molecule has 2 amide bonds. The number of hydrogen-bond donors (Lipinski definition) is 1. The lowest BCUT2D eigenvalue weighted by atomic mass is 10.0. The number of benzene rings is 3. The van der Waals surface area contributed by atoms with Gasteiger partial charge in [-0.2, -0.15) is 13.2 Å². The van der Waals surface area contributed by atoms with E-state index in [1.54, 1.807) is 48.5 Å². The van der Waals surface area contributed by atoms with Gasteiger partial charge in [0.1, 0.15) is 12.6 Å². The average molecular weight is 626 g/mol. The van der Waals surface area contributed by atoms with Gasteiger partial charge in [-0.3, -0.25) is 13.9 Å². The number of amides is 2. The number of nitrogens with one attached hydrogen (secondary N) is 1. The summed E-state index contributed by atoms with van der Waals surface area (Å²) in [5.74, 6) is -1.24. The van der Waals surface area contributed by atoms with E-state index in [9.17, 15) is 31.2 Å². The summed E-state index contributed by atoms with van der Waals surface area (Å²) in [7, 11) is -2.76. The summed E-state index contributed by atoms with van der Waals surface area (Å²) in [5.41, 5.74) is 0.0442. The number of halogens is 4. The van der Waals surface area contributed by atoms with Gasteiger partial charge in [-0.25, -0.2) is 8.42 Å². The Labute approximate surface area is 233 Å². The third-order valence-electron chi connectivity index (χ3n) is 5.90. The van der Waals surface area contributed by atoms with Gasteiger partial charge in [0.05, 0.1) is 17.5 Å². The molecule has 0 fully saturated rings. The summed E-state index contributed by atoms with van der Waals surface area (Å²) in [4.78, 5) is 28.1. The molecule has 1 N–H and O–H groups in total. The Kier molecular flexibility index (Phi) is 9.78. The molecule has 0 heterocycles. The van der Waals surface area contributed by atoms with E-state index in [1.807, 2.05) is 6.07 Å². The van der Waals surface area contributed by atoms with E-state index in [0.29, 0.717) is 15.9 Å².